The number of ketones is 1. The van der Waals surface area contributed by atoms with Crippen LogP contribution >= 0.6 is 11.6 Å². The summed E-state index contributed by atoms with van der Waals surface area (Å²) < 4.78 is 7.35. The Kier molecular flexibility index (Phi) is 8.06. The molecule has 0 bridgehead atoms. The van der Waals surface area contributed by atoms with Gasteiger partial charge in [0.25, 0.3) is 5.24 Å². The van der Waals surface area contributed by atoms with Gasteiger partial charge in [-0.25, -0.2) is 4.68 Å². The van der Waals surface area contributed by atoms with E-state index in [1.165, 1.54) is 0 Å². The van der Waals surface area contributed by atoms with Gasteiger partial charge in [-0.3, -0.25) is 14.7 Å². The Balaban J connectivity index is 0.000000265. The SMILES string of the molecule is O=C(Cl)c1ccccc1.O=C(c1c(-c2ccc3[nH]ncc3c2)nnn1CC1CCOCC1)C1CCCC1. The molecule has 6 rings (SSSR count). The lowest BCUT2D eigenvalue weighted by Gasteiger charge is -2.22. The molecule has 0 amide bonds. The van der Waals surface area contributed by atoms with Gasteiger partial charge in [0.2, 0.25) is 0 Å². The molecule has 2 aromatic carbocycles. The van der Waals surface area contributed by atoms with Gasteiger partial charge >= 0.3 is 0 Å². The Morgan fingerprint density at radius 1 is 1.03 bits per heavy atom. The summed E-state index contributed by atoms with van der Waals surface area (Å²) in [4.78, 5) is 23.8. The molecule has 9 heteroatoms. The quantitative estimate of drug-likeness (QED) is 0.259. The second kappa shape index (κ2) is 11.8. The highest BCUT2D eigenvalue weighted by Gasteiger charge is 2.31. The number of rotatable bonds is 6. The summed E-state index contributed by atoms with van der Waals surface area (Å²) in [6.07, 6.45) is 8.02. The van der Waals surface area contributed by atoms with Crippen molar-refractivity contribution in [1.82, 2.24) is 25.2 Å². The lowest BCUT2D eigenvalue weighted by atomic mass is 9.95. The van der Waals surface area contributed by atoms with E-state index in [1.807, 2.05) is 28.9 Å². The number of H-pyrrole nitrogens is 1. The van der Waals surface area contributed by atoms with Crippen LogP contribution in [0.2, 0.25) is 0 Å². The highest BCUT2D eigenvalue weighted by Crippen LogP contribution is 2.33. The molecule has 192 valence electrons. The molecule has 8 nitrogen and oxygen atoms in total. The van der Waals surface area contributed by atoms with Gasteiger partial charge in [0.1, 0.15) is 11.4 Å². The molecule has 0 spiro atoms. The van der Waals surface area contributed by atoms with E-state index in [0.29, 0.717) is 22.9 Å². The molecule has 2 fully saturated rings. The first-order valence-corrected chi connectivity index (χ1v) is 13.2. The van der Waals surface area contributed by atoms with Gasteiger partial charge in [0, 0.05) is 42.2 Å². The fraction of sp³-hybridized carbons (Fsp3) is 0.393. The summed E-state index contributed by atoms with van der Waals surface area (Å²) in [5.74, 6) is 0.787. The number of benzene rings is 2. The third-order valence-corrected chi connectivity index (χ3v) is 7.40. The van der Waals surface area contributed by atoms with Gasteiger partial charge in [-0.05, 0) is 55.3 Å². The molecular formula is C28H30ClN5O3. The van der Waals surface area contributed by atoms with Crippen LogP contribution in [-0.4, -0.2) is 49.4 Å². The van der Waals surface area contributed by atoms with E-state index in [2.05, 4.69) is 20.5 Å². The molecule has 2 aliphatic rings. The topological polar surface area (TPSA) is 103 Å². The molecular weight excluding hydrogens is 490 g/mol. The number of Topliss-reactive ketones (excluding diaryl/α,β-unsaturated/α-hetero) is 1. The van der Waals surface area contributed by atoms with E-state index < -0.39 is 5.24 Å². The molecule has 0 unspecified atom stereocenters. The second-order valence-corrected chi connectivity index (χ2v) is 10.0. The number of hydrogen-bond donors (Lipinski definition) is 1. The molecule has 1 aliphatic carbocycles. The zero-order chi connectivity index (χ0) is 25.6. The van der Waals surface area contributed by atoms with Gasteiger partial charge < -0.3 is 4.74 Å². The van der Waals surface area contributed by atoms with E-state index in [0.717, 1.165) is 74.7 Å². The van der Waals surface area contributed by atoms with Crippen LogP contribution in [0.4, 0.5) is 0 Å². The maximum atomic E-state index is 13.4. The van der Waals surface area contributed by atoms with Crippen molar-refractivity contribution in [2.75, 3.05) is 13.2 Å². The average molecular weight is 520 g/mol. The molecule has 1 aliphatic heterocycles. The van der Waals surface area contributed by atoms with Crippen molar-refractivity contribution < 1.29 is 14.3 Å². The van der Waals surface area contributed by atoms with Crippen LogP contribution in [0.1, 0.15) is 59.4 Å². The van der Waals surface area contributed by atoms with Crippen molar-refractivity contribution in [2.24, 2.45) is 11.8 Å². The first kappa shape index (κ1) is 25.3. The summed E-state index contributed by atoms with van der Waals surface area (Å²) in [6, 6.07) is 14.8. The molecule has 3 heterocycles. The summed E-state index contributed by atoms with van der Waals surface area (Å²) in [6.45, 7) is 2.31. The molecule has 1 saturated carbocycles. The van der Waals surface area contributed by atoms with E-state index in [9.17, 15) is 9.59 Å². The minimum Gasteiger partial charge on any atom is -0.381 e. The number of ether oxygens (including phenoxy) is 1. The van der Waals surface area contributed by atoms with Crippen molar-refractivity contribution in [3.05, 3.63) is 66.0 Å². The van der Waals surface area contributed by atoms with Crippen LogP contribution in [-0.2, 0) is 11.3 Å². The highest BCUT2D eigenvalue weighted by molar-refractivity contribution is 6.67. The molecule has 1 N–H and O–H groups in total. The third kappa shape index (κ3) is 5.97. The third-order valence-electron chi connectivity index (χ3n) is 7.18. The number of carbonyl (C=O) groups excluding carboxylic acids is 2. The van der Waals surface area contributed by atoms with Crippen LogP contribution in [0.3, 0.4) is 0 Å². The number of carbonyl (C=O) groups is 2. The first-order chi connectivity index (χ1) is 18.1. The smallest absolute Gasteiger partial charge is 0.252 e. The predicted octanol–water partition coefficient (Wildman–Crippen LogP) is 5.69. The minimum atomic E-state index is -0.407. The van der Waals surface area contributed by atoms with Crippen molar-refractivity contribution >= 4 is 33.5 Å². The number of aromatic nitrogens is 5. The fourth-order valence-corrected chi connectivity index (χ4v) is 5.22. The number of halogens is 1. The zero-order valence-electron chi connectivity index (χ0n) is 20.6. The largest absolute Gasteiger partial charge is 0.381 e. The number of nitrogens with one attached hydrogen (secondary N) is 1. The Hall–Kier alpha value is -3.36. The Bertz CT molecular complexity index is 1350. The van der Waals surface area contributed by atoms with Crippen molar-refractivity contribution in [3.63, 3.8) is 0 Å². The molecule has 1 saturated heterocycles. The molecule has 37 heavy (non-hydrogen) atoms. The van der Waals surface area contributed by atoms with Crippen LogP contribution in [0.5, 0.6) is 0 Å². The lowest BCUT2D eigenvalue weighted by molar-refractivity contribution is 0.0594. The van der Waals surface area contributed by atoms with Crippen LogP contribution in [0.25, 0.3) is 22.2 Å². The standard InChI is InChI=1S/C21H25N5O2.C7H5ClO/c27-21(15-3-1-2-4-15)20-19(16-5-6-18-17(11-16)12-22-23-18)24-25-26(20)13-14-7-9-28-10-8-14;8-7(9)6-4-2-1-3-5-6/h5-6,11-12,14-15H,1-4,7-10,13H2,(H,22,23);1-5H. The van der Waals surface area contributed by atoms with Gasteiger partial charge in [0.05, 0.1) is 11.7 Å². The Morgan fingerprint density at radius 2 is 1.78 bits per heavy atom. The number of aromatic amines is 1. The van der Waals surface area contributed by atoms with Gasteiger partial charge in [-0.15, -0.1) is 5.10 Å². The van der Waals surface area contributed by atoms with Crippen LogP contribution in [0, 0.1) is 11.8 Å². The monoisotopic (exact) mass is 519 g/mol. The average Bonchev–Trinajstić information content (AvgIpc) is 3.71. The van der Waals surface area contributed by atoms with Crippen molar-refractivity contribution in [1.29, 1.82) is 0 Å². The Labute approximate surface area is 220 Å². The van der Waals surface area contributed by atoms with Crippen molar-refractivity contribution in [3.8, 4) is 11.3 Å². The maximum absolute atomic E-state index is 13.4. The summed E-state index contributed by atoms with van der Waals surface area (Å²) in [5.41, 5.74) is 3.82. The predicted molar refractivity (Wildman–Crippen MR) is 142 cm³/mol. The maximum Gasteiger partial charge on any atom is 0.252 e. The fourth-order valence-electron chi connectivity index (χ4n) is 5.09. The Morgan fingerprint density at radius 3 is 2.49 bits per heavy atom. The van der Waals surface area contributed by atoms with Gasteiger partial charge in [-0.2, -0.15) is 5.10 Å². The molecule has 2 aromatic heterocycles. The minimum absolute atomic E-state index is 0.100. The van der Waals surface area contributed by atoms with E-state index in [4.69, 9.17) is 16.3 Å². The molecule has 4 aromatic rings. The number of fused-ring (bicyclic) bond motifs is 1. The first-order valence-electron chi connectivity index (χ1n) is 12.8. The van der Waals surface area contributed by atoms with Crippen LogP contribution in [0.15, 0.2) is 54.7 Å². The summed E-state index contributed by atoms with van der Waals surface area (Å²) in [7, 11) is 0. The van der Waals surface area contributed by atoms with Crippen molar-refractivity contribution in [2.45, 2.75) is 45.1 Å². The lowest BCUT2D eigenvalue weighted by Crippen LogP contribution is -2.24. The van der Waals surface area contributed by atoms with Gasteiger partial charge in [0.15, 0.2) is 5.78 Å². The molecule has 0 radical (unpaired) electrons. The van der Waals surface area contributed by atoms with Crippen LogP contribution < -0.4 is 0 Å². The molecule has 0 atom stereocenters. The van der Waals surface area contributed by atoms with E-state index in [1.54, 1.807) is 30.5 Å². The van der Waals surface area contributed by atoms with E-state index >= 15 is 0 Å². The highest BCUT2D eigenvalue weighted by atomic mass is 35.5. The van der Waals surface area contributed by atoms with Gasteiger partial charge in [-0.1, -0.05) is 54.5 Å². The normalized spacial score (nSPS) is 16.5. The summed E-state index contributed by atoms with van der Waals surface area (Å²) >= 11 is 5.16. The van der Waals surface area contributed by atoms with E-state index in [-0.39, 0.29) is 11.7 Å². The number of nitrogens with zero attached hydrogens (tertiary/aromatic N) is 4. The number of hydrogen-bond acceptors (Lipinski definition) is 6. The summed E-state index contributed by atoms with van der Waals surface area (Å²) in [5, 5.41) is 16.6. The second-order valence-electron chi connectivity index (χ2n) is 9.68. The zero-order valence-corrected chi connectivity index (χ0v) is 21.4.